The second kappa shape index (κ2) is 7.63. The third-order valence-corrected chi connectivity index (χ3v) is 5.25. The van der Waals surface area contributed by atoms with Crippen LogP contribution in [0.1, 0.15) is 74.9 Å². The van der Waals surface area contributed by atoms with Gasteiger partial charge in [-0.2, -0.15) is 0 Å². The van der Waals surface area contributed by atoms with E-state index in [1.807, 2.05) is 19.1 Å². The molecule has 0 aliphatic carbocycles. The number of nitrogens with one attached hydrogen (secondary N) is 1. The van der Waals surface area contributed by atoms with Crippen LogP contribution in [0.3, 0.4) is 0 Å². The normalized spacial score (nSPS) is 20.6. The first-order valence-electron chi connectivity index (χ1n) is 9.63. The van der Waals surface area contributed by atoms with E-state index in [1.165, 1.54) is 11.1 Å². The van der Waals surface area contributed by atoms with Crippen LogP contribution >= 0.6 is 0 Å². The quantitative estimate of drug-likeness (QED) is 0.673. The van der Waals surface area contributed by atoms with Crippen LogP contribution in [0.2, 0.25) is 0 Å². The first-order chi connectivity index (χ1) is 12.8. The summed E-state index contributed by atoms with van der Waals surface area (Å²) in [6.45, 7) is 8.84. The molecule has 144 valence electrons. The number of ether oxygens (including phenoxy) is 1. The van der Waals surface area contributed by atoms with Gasteiger partial charge in [-0.3, -0.25) is 4.79 Å². The minimum absolute atomic E-state index is 0.147. The molecule has 2 aliphatic rings. The van der Waals surface area contributed by atoms with Crippen LogP contribution in [-0.2, 0) is 6.54 Å². The average Bonchev–Trinajstić information content (AvgIpc) is 2.95. The topological polar surface area (TPSA) is 58.6 Å². The average molecular weight is 367 g/mol. The van der Waals surface area contributed by atoms with Crippen LogP contribution in [0, 0.1) is 0 Å². The number of phenols is 1. The van der Waals surface area contributed by atoms with Crippen molar-refractivity contribution in [1.82, 2.24) is 5.32 Å². The monoisotopic (exact) mass is 367 g/mol. The van der Waals surface area contributed by atoms with Crippen LogP contribution in [0.4, 0.5) is 0 Å². The Kier molecular flexibility index (Phi) is 5.45. The van der Waals surface area contributed by atoms with Crippen molar-refractivity contribution in [2.24, 2.45) is 0 Å². The number of aromatic hydroxyl groups is 1. The molecule has 0 fully saturated rings. The first-order valence-corrected chi connectivity index (χ1v) is 9.63. The number of fused-ring (bicyclic) bond motifs is 2. The summed E-state index contributed by atoms with van der Waals surface area (Å²) in [5, 5.41) is 13.2. The highest BCUT2D eigenvalue weighted by molar-refractivity contribution is 6.00. The molecule has 27 heavy (non-hydrogen) atoms. The minimum Gasteiger partial charge on any atom is -0.507 e. The lowest BCUT2D eigenvalue weighted by Gasteiger charge is -2.32. The fourth-order valence-electron chi connectivity index (χ4n) is 3.57. The maximum Gasteiger partial charge on any atom is 0.252 e. The van der Waals surface area contributed by atoms with Crippen molar-refractivity contribution in [1.29, 1.82) is 0 Å². The van der Waals surface area contributed by atoms with Gasteiger partial charge in [-0.15, -0.1) is 0 Å². The van der Waals surface area contributed by atoms with Crippen LogP contribution in [-0.4, -0.2) is 16.6 Å². The van der Waals surface area contributed by atoms with E-state index in [9.17, 15) is 9.90 Å². The van der Waals surface area contributed by atoms with E-state index in [0.29, 0.717) is 29.0 Å². The largest absolute Gasteiger partial charge is 0.507 e. The van der Waals surface area contributed by atoms with Crippen LogP contribution in [0.15, 0.2) is 35.4 Å². The molecule has 0 bridgehead atoms. The zero-order valence-electron chi connectivity index (χ0n) is 16.7. The Morgan fingerprint density at radius 3 is 2.81 bits per heavy atom. The molecule has 0 saturated heterocycles. The molecule has 3 rings (SSSR count). The van der Waals surface area contributed by atoms with Crippen molar-refractivity contribution >= 4 is 12.0 Å². The summed E-state index contributed by atoms with van der Waals surface area (Å²) >= 11 is 0. The lowest BCUT2D eigenvalue weighted by atomic mass is 9.92. The van der Waals surface area contributed by atoms with E-state index >= 15 is 0 Å². The first kappa shape index (κ1) is 19.3. The van der Waals surface area contributed by atoms with Crippen LogP contribution < -0.4 is 10.1 Å². The molecule has 1 amide bonds. The van der Waals surface area contributed by atoms with Gasteiger partial charge in [-0.05, 0) is 71.6 Å². The smallest absolute Gasteiger partial charge is 0.252 e. The molecule has 4 heteroatoms. The molecule has 2 aliphatic heterocycles. The number of carbonyl (C=O) groups excluding carboxylic acids is 1. The highest BCUT2D eigenvalue weighted by Crippen LogP contribution is 2.42. The van der Waals surface area contributed by atoms with Gasteiger partial charge in [0.15, 0.2) is 0 Å². The van der Waals surface area contributed by atoms with Gasteiger partial charge in [0.2, 0.25) is 0 Å². The van der Waals surface area contributed by atoms with Crippen LogP contribution in [0.5, 0.6) is 11.5 Å². The summed E-state index contributed by atoms with van der Waals surface area (Å²) < 4.78 is 6.20. The van der Waals surface area contributed by atoms with E-state index in [-0.39, 0.29) is 11.7 Å². The number of rotatable bonds is 6. The Balaban J connectivity index is 1.67. The number of allylic oxidation sites excluding steroid dienone is 4. The van der Waals surface area contributed by atoms with Crippen molar-refractivity contribution in [3.8, 4) is 11.5 Å². The number of carbonyl (C=O) groups is 1. The lowest BCUT2D eigenvalue weighted by Crippen LogP contribution is -2.31. The fourth-order valence-corrected chi connectivity index (χ4v) is 3.57. The van der Waals surface area contributed by atoms with Crippen LogP contribution in [0.25, 0.3) is 6.08 Å². The van der Waals surface area contributed by atoms with Crippen molar-refractivity contribution in [2.75, 3.05) is 0 Å². The van der Waals surface area contributed by atoms with Crippen molar-refractivity contribution in [2.45, 2.75) is 65.5 Å². The predicted molar refractivity (Wildman–Crippen MR) is 109 cm³/mol. The van der Waals surface area contributed by atoms with Gasteiger partial charge in [0.1, 0.15) is 17.1 Å². The SMILES string of the molecule is CC(C)=CCC/C(C)=C/CC[C@@]1(C)C=Cc2c(cc3c(c2O)CNC3=O)O1. The molecule has 2 heterocycles. The number of hydrogen-bond acceptors (Lipinski definition) is 3. The Morgan fingerprint density at radius 2 is 2.07 bits per heavy atom. The summed E-state index contributed by atoms with van der Waals surface area (Å²) in [5.41, 5.74) is 4.14. The number of amides is 1. The van der Waals surface area contributed by atoms with E-state index in [2.05, 4.69) is 38.2 Å². The third-order valence-electron chi connectivity index (χ3n) is 5.25. The lowest BCUT2D eigenvalue weighted by molar-refractivity contribution is 0.0963. The molecule has 0 saturated carbocycles. The van der Waals surface area contributed by atoms with Gasteiger partial charge >= 0.3 is 0 Å². The molecular formula is C23H29NO3. The Morgan fingerprint density at radius 1 is 1.30 bits per heavy atom. The molecule has 4 nitrogen and oxygen atoms in total. The van der Waals surface area contributed by atoms with E-state index in [1.54, 1.807) is 6.07 Å². The number of hydrogen-bond donors (Lipinski definition) is 2. The zero-order chi connectivity index (χ0) is 19.6. The molecule has 1 aromatic rings. The molecule has 0 spiro atoms. The molecule has 0 radical (unpaired) electrons. The zero-order valence-corrected chi connectivity index (χ0v) is 16.7. The standard InChI is InChI=1S/C23H29NO3/c1-15(2)7-5-8-16(3)9-6-11-23(4)12-10-17-20(27-23)13-18-19(21(17)25)14-24-22(18)26/h7,9-10,12-13,25H,5-6,8,11,14H2,1-4H3,(H,24,26)/b16-9+/t23-/m0/s1. The van der Waals surface area contributed by atoms with Gasteiger partial charge in [0, 0.05) is 12.1 Å². The van der Waals surface area contributed by atoms with Crippen molar-refractivity contribution < 1.29 is 14.6 Å². The summed E-state index contributed by atoms with van der Waals surface area (Å²) in [6.07, 6.45) is 12.4. The summed E-state index contributed by atoms with van der Waals surface area (Å²) in [5.74, 6) is 0.574. The Hall–Kier alpha value is -2.49. The Bertz CT molecular complexity index is 844. The number of phenolic OH excluding ortho intramolecular Hbond substituents is 1. The summed E-state index contributed by atoms with van der Waals surface area (Å²) in [4.78, 5) is 11.9. The molecule has 0 unspecified atom stereocenters. The minimum atomic E-state index is -0.445. The van der Waals surface area contributed by atoms with Crippen molar-refractivity contribution in [3.63, 3.8) is 0 Å². The predicted octanol–water partition coefficient (Wildman–Crippen LogP) is 5.27. The van der Waals surface area contributed by atoms with E-state index in [4.69, 9.17) is 4.74 Å². The fraction of sp³-hybridized carbons (Fsp3) is 0.435. The second-order valence-corrected chi connectivity index (χ2v) is 8.00. The maximum atomic E-state index is 11.9. The molecule has 1 atom stereocenters. The summed E-state index contributed by atoms with van der Waals surface area (Å²) in [6, 6.07) is 1.76. The summed E-state index contributed by atoms with van der Waals surface area (Å²) in [7, 11) is 0. The second-order valence-electron chi connectivity index (χ2n) is 8.00. The van der Waals surface area contributed by atoms with Gasteiger partial charge in [0.25, 0.3) is 5.91 Å². The van der Waals surface area contributed by atoms with E-state index < -0.39 is 5.60 Å². The molecular weight excluding hydrogens is 338 g/mol. The van der Waals surface area contributed by atoms with Gasteiger partial charge < -0.3 is 15.2 Å². The molecule has 2 N–H and O–H groups in total. The Labute approximate surface area is 161 Å². The number of benzene rings is 1. The van der Waals surface area contributed by atoms with Gasteiger partial charge in [0.05, 0.1) is 11.1 Å². The molecule has 0 aromatic heterocycles. The maximum absolute atomic E-state index is 11.9. The van der Waals surface area contributed by atoms with Gasteiger partial charge in [-0.25, -0.2) is 0 Å². The van der Waals surface area contributed by atoms with E-state index in [0.717, 1.165) is 25.7 Å². The van der Waals surface area contributed by atoms with Crippen molar-refractivity contribution in [3.05, 3.63) is 52.1 Å². The highest BCUT2D eigenvalue weighted by Gasteiger charge is 2.32. The van der Waals surface area contributed by atoms with Gasteiger partial charge in [-0.1, -0.05) is 23.3 Å². The third kappa shape index (κ3) is 4.26. The highest BCUT2D eigenvalue weighted by atomic mass is 16.5. The molecule has 1 aromatic carbocycles.